The second-order valence-corrected chi connectivity index (χ2v) is 7.82. The number of hydrogen-bond donors (Lipinski definition) is 1. The second-order valence-electron chi connectivity index (χ2n) is 6.87. The molecule has 144 valence electrons. The van der Waals surface area contributed by atoms with Crippen molar-refractivity contribution in [3.05, 3.63) is 93.7 Å². The minimum absolute atomic E-state index is 0.00743. The summed E-state index contributed by atoms with van der Waals surface area (Å²) < 4.78 is 0. The number of nitrogens with one attached hydrogen (secondary N) is 1. The molecule has 1 aromatic heterocycles. The SMILES string of the molecule is CC(C)N(Cc1ccccc1)C(=O)c1ccc(CNC(=O)c2cccs2)cc1. The summed E-state index contributed by atoms with van der Waals surface area (Å²) in [6.07, 6.45) is 0. The summed E-state index contributed by atoms with van der Waals surface area (Å²) in [6.45, 7) is 5.06. The summed E-state index contributed by atoms with van der Waals surface area (Å²) >= 11 is 1.42. The molecule has 5 heteroatoms. The lowest BCUT2D eigenvalue weighted by molar-refractivity contribution is 0.0690. The fourth-order valence-electron chi connectivity index (χ4n) is 2.88. The number of amides is 2. The third-order valence-electron chi connectivity index (χ3n) is 4.48. The van der Waals surface area contributed by atoms with Crippen LogP contribution in [0.2, 0.25) is 0 Å². The molecular weight excluding hydrogens is 368 g/mol. The van der Waals surface area contributed by atoms with E-state index in [9.17, 15) is 9.59 Å². The fraction of sp³-hybridized carbons (Fsp3) is 0.217. The topological polar surface area (TPSA) is 49.4 Å². The number of nitrogens with zero attached hydrogens (tertiary/aromatic N) is 1. The van der Waals surface area contributed by atoms with E-state index >= 15 is 0 Å². The Hall–Kier alpha value is -2.92. The van der Waals surface area contributed by atoms with Crippen molar-refractivity contribution < 1.29 is 9.59 Å². The Morgan fingerprint density at radius 3 is 2.25 bits per heavy atom. The minimum Gasteiger partial charge on any atom is -0.347 e. The Bertz CT molecular complexity index is 904. The van der Waals surface area contributed by atoms with E-state index in [1.165, 1.54) is 11.3 Å². The van der Waals surface area contributed by atoms with E-state index in [1.54, 1.807) is 6.07 Å². The van der Waals surface area contributed by atoms with Gasteiger partial charge in [0.15, 0.2) is 0 Å². The van der Waals surface area contributed by atoms with Crippen molar-refractivity contribution >= 4 is 23.2 Å². The van der Waals surface area contributed by atoms with Crippen LogP contribution >= 0.6 is 11.3 Å². The van der Waals surface area contributed by atoms with Crippen molar-refractivity contribution in [2.45, 2.75) is 33.0 Å². The van der Waals surface area contributed by atoms with Gasteiger partial charge in [-0.15, -0.1) is 11.3 Å². The van der Waals surface area contributed by atoms with Crippen LogP contribution in [0.3, 0.4) is 0 Å². The molecule has 0 unspecified atom stereocenters. The molecule has 0 fully saturated rings. The van der Waals surface area contributed by atoms with Crippen LogP contribution in [0.25, 0.3) is 0 Å². The van der Waals surface area contributed by atoms with Crippen molar-refractivity contribution in [2.75, 3.05) is 0 Å². The largest absolute Gasteiger partial charge is 0.347 e. The van der Waals surface area contributed by atoms with Gasteiger partial charge in [-0.2, -0.15) is 0 Å². The molecule has 1 N–H and O–H groups in total. The van der Waals surface area contributed by atoms with E-state index in [-0.39, 0.29) is 17.9 Å². The maximum absolute atomic E-state index is 13.0. The first-order valence-corrected chi connectivity index (χ1v) is 10.2. The molecule has 0 aliphatic carbocycles. The molecule has 4 nitrogen and oxygen atoms in total. The van der Waals surface area contributed by atoms with Crippen LogP contribution in [0.15, 0.2) is 72.1 Å². The van der Waals surface area contributed by atoms with E-state index in [1.807, 2.05) is 84.8 Å². The van der Waals surface area contributed by atoms with E-state index in [0.717, 1.165) is 11.1 Å². The maximum Gasteiger partial charge on any atom is 0.261 e. The molecule has 0 radical (unpaired) electrons. The summed E-state index contributed by atoms with van der Waals surface area (Å²) in [7, 11) is 0. The highest BCUT2D eigenvalue weighted by Gasteiger charge is 2.19. The Morgan fingerprint density at radius 1 is 0.929 bits per heavy atom. The molecule has 0 aliphatic rings. The van der Waals surface area contributed by atoms with Crippen LogP contribution in [-0.4, -0.2) is 22.8 Å². The molecule has 2 aromatic carbocycles. The van der Waals surface area contributed by atoms with Crippen LogP contribution in [0.5, 0.6) is 0 Å². The van der Waals surface area contributed by atoms with Crippen LogP contribution in [0.1, 0.15) is 45.0 Å². The lowest BCUT2D eigenvalue weighted by atomic mass is 10.1. The highest BCUT2D eigenvalue weighted by atomic mass is 32.1. The number of hydrogen-bond acceptors (Lipinski definition) is 3. The monoisotopic (exact) mass is 392 g/mol. The predicted octanol–water partition coefficient (Wildman–Crippen LogP) is 4.73. The molecule has 0 saturated carbocycles. The molecule has 0 aliphatic heterocycles. The summed E-state index contributed by atoms with van der Waals surface area (Å²) in [5.41, 5.74) is 2.72. The smallest absolute Gasteiger partial charge is 0.261 e. The summed E-state index contributed by atoms with van der Waals surface area (Å²) in [5, 5.41) is 4.78. The number of carbonyl (C=O) groups is 2. The molecule has 1 heterocycles. The standard InChI is InChI=1S/C23H24N2O2S/c1-17(2)25(16-19-7-4-3-5-8-19)23(27)20-12-10-18(11-13-20)15-24-22(26)21-9-6-14-28-21/h3-14,17H,15-16H2,1-2H3,(H,24,26). The van der Waals surface area contributed by atoms with Crippen molar-refractivity contribution in [3.63, 3.8) is 0 Å². The first kappa shape index (κ1) is 19.8. The number of thiophene rings is 1. The lowest BCUT2D eigenvalue weighted by Crippen LogP contribution is -2.36. The van der Waals surface area contributed by atoms with E-state index < -0.39 is 0 Å². The molecule has 0 saturated heterocycles. The van der Waals surface area contributed by atoms with Gasteiger partial charge >= 0.3 is 0 Å². The van der Waals surface area contributed by atoms with Gasteiger partial charge in [0.25, 0.3) is 11.8 Å². The van der Waals surface area contributed by atoms with Gasteiger partial charge in [0, 0.05) is 24.7 Å². The molecular formula is C23H24N2O2S. The van der Waals surface area contributed by atoms with E-state index in [2.05, 4.69) is 5.32 Å². The van der Waals surface area contributed by atoms with Gasteiger partial charge in [-0.3, -0.25) is 9.59 Å². The Balaban J connectivity index is 1.63. The van der Waals surface area contributed by atoms with Gasteiger partial charge in [-0.25, -0.2) is 0 Å². The fourth-order valence-corrected chi connectivity index (χ4v) is 3.52. The molecule has 3 rings (SSSR count). The third-order valence-corrected chi connectivity index (χ3v) is 5.35. The lowest BCUT2D eigenvalue weighted by Gasteiger charge is -2.27. The third kappa shape index (κ3) is 5.08. The van der Waals surface area contributed by atoms with Gasteiger partial charge in [-0.1, -0.05) is 48.5 Å². The molecule has 0 spiro atoms. The van der Waals surface area contributed by atoms with E-state index in [0.29, 0.717) is 23.5 Å². The van der Waals surface area contributed by atoms with Crippen LogP contribution in [0, 0.1) is 0 Å². The van der Waals surface area contributed by atoms with Gasteiger partial charge in [0.05, 0.1) is 4.88 Å². The number of rotatable bonds is 7. The van der Waals surface area contributed by atoms with Crippen molar-refractivity contribution in [1.29, 1.82) is 0 Å². The second kappa shape index (κ2) is 9.33. The number of carbonyl (C=O) groups excluding carboxylic acids is 2. The zero-order valence-corrected chi connectivity index (χ0v) is 16.9. The normalized spacial score (nSPS) is 10.7. The summed E-state index contributed by atoms with van der Waals surface area (Å²) in [4.78, 5) is 27.6. The quantitative estimate of drug-likeness (QED) is 0.632. The van der Waals surface area contributed by atoms with Crippen molar-refractivity contribution in [1.82, 2.24) is 10.2 Å². The van der Waals surface area contributed by atoms with E-state index in [4.69, 9.17) is 0 Å². The van der Waals surface area contributed by atoms with Crippen LogP contribution in [-0.2, 0) is 13.1 Å². The first-order chi connectivity index (χ1) is 13.5. The van der Waals surface area contributed by atoms with Gasteiger partial charge in [0.2, 0.25) is 0 Å². The van der Waals surface area contributed by atoms with Crippen LogP contribution < -0.4 is 5.32 Å². The van der Waals surface area contributed by atoms with Crippen LogP contribution in [0.4, 0.5) is 0 Å². The minimum atomic E-state index is -0.0796. The maximum atomic E-state index is 13.0. The molecule has 2 amide bonds. The van der Waals surface area contributed by atoms with Gasteiger partial charge < -0.3 is 10.2 Å². The average molecular weight is 393 g/mol. The Labute approximate surface area is 169 Å². The first-order valence-electron chi connectivity index (χ1n) is 9.30. The average Bonchev–Trinajstić information content (AvgIpc) is 3.26. The predicted molar refractivity (Wildman–Crippen MR) is 113 cm³/mol. The number of benzene rings is 2. The molecule has 0 atom stereocenters. The summed E-state index contributed by atoms with van der Waals surface area (Å²) in [6, 6.07) is 21.2. The molecule has 3 aromatic rings. The molecule has 28 heavy (non-hydrogen) atoms. The zero-order chi connectivity index (χ0) is 19.9. The zero-order valence-electron chi connectivity index (χ0n) is 16.1. The van der Waals surface area contributed by atoms with Gasteiger partial charge in [-0.05, 0) is 48.6 Å². The Kier molecular flexibility index (Phi) is 6.61. The van der Waals surface area contributed by atoms with Gasteiger partial charge in [0.1, 0.15) is 0 Å². The highest BCUT2D eigenvalue weighted by molar-refractivity contribution is 7.12. The highest BCUT2D eigenvalue weighted by Crippen LogP contribution is 2.15. The molecule has 0 bridgehead atoms. The summed E-state index contributed by atoms with van der Waals surface area (Å²) in [5.74, 6) is -0.0722. The Morgan fingerprint density at radius 2 is 1.64 bits per heavy atom. The van der Waals surface area contributed by atoms with Crippen molar-refractivity contribution in [2.24, 2.45) is 0 Å². The van der Waals surface area contributed by atoms with Crippen molar-refractivity contribution in [3.8, 4) is 0 Å².